The van der Waals surface area contributed by atoms with Crippen molar-refractivity contribution in [3.8, 4) is 0 Å². The first-order valence-electron chi connectivity index (χ1n) is 4.33. The Morgan fingerprint density at radius 1 is 1.40 bits per heavy atom. The number of hydrogen-bond donors (Lipinski definition) is 2. The molecule has 0 radical (unpaired) electrons. The van der Waals surface area contributed by atoms with Crippen molar-refractivity contribution in [2.24, 2.45) is 0 Å². The minimum Gasteiger partial charge on any atom is -0.466 e. The molecule has 0 saturated heterocycles. The van der Waals surface area contributed by atoms with Gasteiger partial charge in [0.2, 0.25) is 0 Å². The van der Waals surface area contributed by atoms with Crippen molar-refractivity contribution in [3.05, 3.63) is 12.2 Å². The van der Waals surface area contributed by atoms with Crippen LogP contribution in [0, 0.1) is 0 Å². The standard InChI is InChI=1S/C8H15O6P/c1-7(8(9)13-2)5-3-4-6-14-15(10,11)12/h1,3-6H2,2H3,(H2,10,11,12). The highest BCUT2D eigenvalue weighted by atomic mass is 31.2. The lowest BCUT2D eigenvalue weighted by molar-refractivity contribution is -0.136. The van der Waals surface area contributed by atoms with Crippen LogP contribution in [-0.2, 0) is 18.6 Å². The van der Waals surface area contributed by atoms with E-state index in [1.807, 2.05) is 0 Å². The Morgan fingerprint density at radius 2 is 2.00 bits per heavy atom. The van der Waals surface area contributed by atoms with Gasteiger partial charge in [-0.1, -0.05) is 6.58 Å². The number of phosphoric ester groups is 1. The summed E-state index contributed by atoms with van der Waals surface area (Å²) in [7, 11) is -3.10. The summed E-state index contributed by atoms with van der Waals surface area (Å²) >= 11 is 0. The summed E-state index contributed by atoms with van der Waals surface area (Å²) in [5.41, 5.74) is 0.341. The van der Waals surface area contributed by atoms with E-state index in [9.17, 15) is 9.36 Å². The van der Waals surface area contributed by atoms with Gasteiger partial charge in [-0.15, -0.1) is 0 Å². The monoisotopic (exact) mass is 238 g/mol. The number of carbonyl (C=O) groups excluding carboxylic acids is 1. The molecule has 0 aromatic rings. The molecule has 0 fully saturated rings. The van der Waals surface area contributed by atoms with Crippen LogP contribution in [0.5, 0.6) is 0 Å². The van der Waals surface area contributed by atoms with Crippen molar-refractivity contribution in [2.45, 2.75) is 19.3 Å². The van der Waals surface area contributed by atoms with Crippen LogP contribution in [0.2, 0.25) is 0 Å². The molecule has 88 valence electrons. The summed E-state index contributed by atoms with van der Waals surface area (Å²) in [6.45, 7) is 3.46. The number of ether oxygens (including phenoxy) is 1. The molecule has 2 N–H and O–H groups in total. The van der Waals surface area contributed by atoms with Crippen molar-refractivity contribution in [2.75, 3.05) is 13.7 Å². The van der Waals surface area contributed by atoms with Crippen molar-refractivity contribution in [1.29, 1.82) is 0 Å². The number of phosphoric acid groups is 1. The van der Waals surface area contributed by atoms with Gasteiger partial charge in [0.1, 0.15) is 0 Å². The minimum atomic E-state index is -4.37. The average molecular weight is 238 g/mol. The van der Waals surface area contributed by atoms with Gasteiger partial charge >= 0.3 is 13.8 Å². The predicted molar refractivity (Wildman–Crippen MR) is 53.0 cm³/mol. The van der Waals surface area contributed by atoms with Gasteiger partial charge in [-0.25, -0.2) is 9.36 Å². The first-order valence-corrected chi connectivity index (χ1v) is 5.86. The minimum absolute atomic E-state index is 0.0429. The number of unbranched alkanes of at least 4 members (excludes halogenated alkanes) is 1. The topological polar surface area (TPSA) is 93.1 Å². The highest BCUT2D eigenvalue weighted by molar-refractivity contribution is 7.46. The lowest BCUT2D eigenvalue weighted by atomic mass is 10.1. The molecule has 0 saturated carbocycles. The Labute approximate surface area is 88.1 Å². The molecule has 0 aliphatic heterocycles. The Bertz CT molecular complexity index is 268. The Morgan fingerprint density at radius 3 is 2.47 bits per heavy atom. The second kappa shape index (κ2) is 6.74. The maximum Gasteiger partial charge on any atom is 0.469 e. The zero-order chi connectivity index (χ0) is 11.9. The first-order chi connectivity index (χ1) is 6.87. The zero-order valence-corrected chi connectivity index (χ0v) is 9.40. The van der Waals surface area contributed by atoms with E-state index < -0.39 is 13.8 Å². The van der Waals surface area contributed by atoms with E-state index in [4.69, 9.17) is 9.79 Å². The fourth-order valence-corrected chi connectivity index (χ4v) is 1.24. The Kier molecular flexibility index (Phi) is 6.43. The molecule has 0 aliphatic rings. The highest BCUT2D eigenvalue weighted by Gasteiger charge is 2.12. The largest absolute Gasteiger partial charge is 0.469 e. The van der Waals surface area contributed by atoms with Gasteiger partial charge in [0.05, 0.1) is 13.7 Å². The van der Waals surface area contributed by atoms with Crippen molar-refractivity contribution in [3.63, 3.8) is 0 Å². The number of esters is 1. The van der Waals surface area contributed by atoms with Crippen LogP contribution in [0.4, 0.5) is 0 Å². The summed E-state index contributed by atoms with van der Waals surface area (Å²) in [6, 6.07) is 0. The average Bonchev–Trinajstić information content (AvgIpc) is 2.14. The van der Waals surface area contributed by atoms with Gasteiger partial charge in [0.15, 0.2) is 0 Å². The summed E-state index contributed by atoms with van der Waals surface area (Å²) < 4.78 is 18.9. The molecule has 0 spiro atoms. The molecule has 7 heteroatoms. The molecular formula is C8H15O6P. The van der Waals surface area contributed by atoms with Crippen molar-refractivity contribution >= 4 is 13.8 Å². The van der Waals surface area contributed by atoms with Gasteiger partial charge in [0.25, 0.3) is 0 Å². The maximum absolute atomic E-state index is 10.9. The maximum atomic E-state index is 10.9. The van der Waals surface area contributed by atoms with E-state index in [1.54, 1.807) is 0 Å². The van der Waals surface area contributed by atoms with Gasteiger partial charge in [0, 0.05) is 5.57 Å². The Balaban J connectivity index is 3.52. The van der Waals surface area contributed by atoms with Crippen LogP contribution in [0.1, 0.15) is 19.3 Å². The summed E-state index contributed by atoms with van der Waals surface area (Å²) in [5.74, 6) is -0.467. The molecule has 0 aliphatic carbocycles. The molecule has 0 atom stereocenters. The van der Waals surface area contributed by atoms with Gasteiger partial charge in [-0.3, -0.25) is 4.52 Å². The van der Waals surface area contributed by atoms with E-state index >= 15 is 0 Å². The third kappa shape index (κ3) is 8.32. The van der Waals surface area contributed by atoms with E-state index in [-0.39, 0.29) is 6.61 Å². The highest BCUT2D eigenvalue weighted by Crippen LogP contribution is 2.35. The summed E-state index contributed by atoms with van der Waals surface area (Å²) in [4.78, 5) is 27.6. The second-order valence-corrected chi connectivity index (χ2v) is 4.12. The second-order valence-electron chi connectivity index (χ2n) is 2.88. The van der Waals surface area contributed by atoms with Crippen LogP contribution in [0.15, 0.2) is 12.2 Å². The molecular weight excluding hydrogens is 223 g/mol. The number of hydrogen-bond acceptors (Lipinski definition) is 4. The Hall–Kier alpha value is -0.680. The van der Waals surface area contributed by atoms with Crippen LogP contribution in [-0.4, -0.2) is 29.5 Å². The van der Waals surface area contributed by atoms with Crippen LogP contribution in [0.3, 0.4) is 0 Å². The molecule has 0 unspecified atom stereocenters. The lowest BCUT2D eigenvalue weighted by Gasteiger charge is -2.05. The molecule has 0 bridgehead atoms. The van der Waals surface area contributed by atoms with Crippen LogP contribution < -0.4 is 0 Å². The molecule has 0 rings (SSSR count). The smallest absolute Gasteiger partial charge is 0.466 e. The third-order valence-corrected chi connectivity index (χ3v) is 2.13. The molecule has 0 amide bonds. The fraction of sp³-hybridized carbons (Fsp3) is 0.625. The zero-order valence-electron chi connectivity index (χ0n) is 8.51. The number of rotatable bonds is 7. The summed E-state index contributed by atoms with van der Waals surface area (Å²) in [5, 5.41) is 0. The summed E-state index contributed by atoms with van der Waals surface area (Å²) in [6.07, 6.45) is 1.44. The molecule has 0 heterocycles. The fourth-order valence-electron chi connectivity index (χ4n) is 0.870. The van der Waals surface area contributed by atoms with E-state index in [2.05, 4.69) is 15.8 Å². The molecule has 0 aromatic carbocycles. The van der Waals surface area contributed by atoms with Crippen LogP contribution in [0.25, 0.3) is 0 Å². The van der Waals surface area contributed by atoms with Gasteiger partial charge in [-0.05, 0) is 19.3 Å². The quantitative estimate of drug-likeness (QED) is 0.297. The SMILES string of the molecule is C=C(CCCCOP(=O)(O)O)C(=O)OC. The van der Waals surface area contributed by atoms with E-state index in [0.717, 1.165) is 0 Å². The number of methoxy groups -OCH3 is 1. The lowest BCUT2D eigenvalue weighted by Crippen LogP contribution is -2.03. The van der Waals surface area contributed by atoms with Gasteiger partial charge in [-0.2, -0.15) is 0 Å². The molecule has 6 nitrogen and oxygen atoms in total. The van der Waals surface area contributed by atoms with Crippen molar-refractivity contribution < 1.29 is 28.4 Å². The van der Waals surface area contributed by atoms with Gasteiger partial charge < -0.3 is 14.5 Å². The normalized spacial score (nSPS) is 11.1. The third-order valence-electron chi connectivity index (χ3n) is 1.61. The molecule has 15 heavy (non-hydrogen) atoms. The van der Waals surface area contributed by atoms with Crippen molar-refractivity contribution in [1.82, 2.24) is 0 Å². The predicted octanol–water partition coefficient (Wildman–Crippen LogP) is 0.995. The first kappa shape index (κ1) is 14.3. The van der Waals surface area contributed by atoms with E-state index in [1.165, 1.54) is 7.11 Å². The number of carbonyl (C=O) groups is 1. The van der Waals surface area contributed by atoms with Crippen LogP contribution >= 0.6 is 7.82 Å². The molecule has 0 aromatic heterocycles. The van der Waals surface area contributed by atoms with E-state index in [0.29, 0.717) is 24.8 Å².